The first-order valence-electron chi connectivity index (χ1n) is 9.07. The van der Waals surface area contributed by atoms with Crippen LogP contribution in [0.15, 0.2) is 76.8 Å². The zero-order valence-electron chi connectivity index (χ0n) is 16.4. The van der Waals surface area contributed by atoms with Crippen LogP contribution in [0.1, 0.15) is 21.9 Å². The van der Waals surface area contributed by atoms with Gasteiger partial charge >= 0.3 is 0 Å². The molecule has 158 valence electrons. The molecule has 1 atom stereocenters. The first-order chi connectivity index (χ1) is 14.1. The Balaban J connectivity index is 1.97. The third kappa shape index (κ3) is 4.75. The number of rotatable bonds is 7. The maximum atomic E-state index is 13.6. The lowest BCUT2D eigenvalue weighted by Crippen LogP contribution is -2.32. The predicted molar refractivity (Wildman–Crippen MR) is 112 cm³/mol. The summed E-state index contributed by atoms with van der Waals surface area (Å²) >= 11 is 0. The Morgan fingerprint density at radius 2 is 1.63 bits per heavy atom. The van der Waals surface area contributed by atoms with Crippen LogP contribution in [0.5, 0.6) is 0 Å². The van der Waals surface area contributed by atoms with E-state index in [1.807, 2.05) is 6.92 Å². The fraction of sp³-hybridized carbons (Fsp3) is 0.190. The highest BCUT2D eigenvalue weighted by atomic mass is 32.2. The molecule has 0 aliphatic rings. The average Bonchev–Trinajstić information content (AvgIpc) is 2.71. The van der Waals surface area contributed by atoms with Gasteiger partial charge < -0.3 is 0 Å². The third-order valence-electron chi connectivity index (χ3n) is 4.68. The number of sulfonamides is 1. The van der Waals surface area contributed by atoms with Crippen LogP contribution in [0.4, 0.5) is 4.39 Å². The summed E-state index contributed by atoms with van der Waals surface area (Å²) in [6.07, 6.45) is 2.87. The van der Waals surface area contributed by atoms with Crippen LogP contribution in [-0.2, 0) is 19.9 Å². The molecular weight excluding hydrogens is 427 g/mol. The van der Waals surface area contributed by atoms with Gasteiger partial charge in [0.05, 0.1) is 9.79 Å². The molecular formula is C21H21FN2O4S2. The molecule has 0 fully saturated rings. The molecule has 30 heavy (non-hydrogen) atoms. The maximum Gasteiger partial charge on any atom is 0.240 e. The second-order valence-electron chi connectivity index (χ2n) is 6.90. The molecule has 3 aromatic rings. The minimum absolute atomic E-state index is 0.0352. The first-order valence-corrected chi connectivity index (χ1v) is 12.1. The zero-order chi connectivity index (χ0) is 21.9. The maximum absolute atomic E-state index is 13.6. The molecule has 3 rings (SSSR count). The van der Waals surface area contributed by atoms with Crippen LogP contribution in [0.25, 0.3) is 0 Å². The molecule has 0 saturated carbocycles. The zero-order valence-corrected chi connectivity index (χ0v) is 18.0. The average molecular weight is 449 g/mol. The monoisotopic (exact) mass is 448 g/mol. The van der Waals surface area contributed by atoms with Gasteiger partial charge in [-0.15, -0.1) is 0 Å². The van der Waals surface area contributed by atoms with Gasteiger partial charge in [-0.25, -0.2) is 25.9 Å². The SMILES string of the molecule is Cc1ccc(S(=O)(=O)NC[C@@H](c2cccnc2)S(=O)(=O)c2ccc(F)c(C)c2)cc1. The number of sulfone groups is 1. The fourth-order valence-corrected chi connectivity index (χ4v) is 5.80. The lowest BCUT2D eigenvalue weighted by molar-refractivity contribution is 0.568. The predicted octanol–water partition coefficient (Wildman–Crippen LogP) is 3.33. The van der Waals surface area contributed by atoms with Gasteiger partial charge in [-0.2, -0.15) is 0 Å². The summed E-state index contributed by atoms with van der Waals surface area (Å²) in [6, 6.07) is 12.9. The highest BCUT2D eigenvalue weighted by Crippen LogP contribution is 2.29. The first kappa shape index (κ1) is 22.1. The van der Waals surface area contributed by atoms with Crippen molar-refractivity contribution in [1.29, 1.82) is 0 Å². The summed E-state index contributed by atoms with van der Waals surface area (Å²) in [6.45, 7) is 2.90. The topological polar surface area (TPSA) is 93.2 Å². The van der Waals surface area contributed by atoms with Crippen LogP contribution in [0, 0.1) is 19.7 Å². The number of aryl methyl sites for hydroxylation is 2. The van der Waals surface area contributed by atoms with Crippen LogP contribution in [-0.4, -0.2) is 28.4 Å². The molecule has 0 saturated heterocycles. The third-order valence-corrected chi connectivity index (χ3v) is 8.22. The van der Waals surface area contributed by atoms with E-state index in [4.69, 9.17) is 0 Å². The molecule has 9 heteroatoms. The lowest BCUT2D eigenvalue weighted by Gasteiger charge is -2.19. The van der Waals surface area contributed by atoms with E-state index in [0.29, 0.717) is 5.56 Å². The summed E-state index contributed by atoms with van der Waals surface area (Å²) < 4.78 is 68.0. The molecule has 0 unspecified atom stereocenters. The summed E-state index contributed by atoms with van der Waals surface area (Å²) in [5.41, 5.74) is 1.41. The molecule has 0 bridgehead atoms. The lowest BCUT2D eigenvalue weighted by atomic mass is 10.2. The summed E-state index contributed by atoms with van der Waals surface area (Å²) in [5.74, 6) is -0.521. The smallest absolute Gasteiger partial charge is 0.240 e. The second-order valence-corrected chi connectivity index (χ2v) is 10.8. The Hall–Kier alpha value is -2.62. The summed E-state index contributed by atoms with van der Waals surface area (Å²) in [4.78, 5) is 3.90. The van der Waals surface area contributed by atoms with Gasteiger partial charge in [-0.05, 0) is 61.4 Å². The van der Waals surface area contributed by atoms with Crippen molar-refractivity contribution in [3.8, 4) is 0 Å². The quantitative estimate of drug-likeness (QED) is 0.560. The Bertz CT molecular complexity index is 1240. The molecule has 6 nitrogen and oxygen atoms in total. The van der Waals surface area contributed by atoms with E-state index in [2.05, 4.69) is 9.71 Å². The number of hydrogen-bond donors (Lipinski definition) is 1. The number of hydrogen-bond acceptors (Lipinski definition) is 5. The van der Waals surface area contributed by atoms with E-state index < -0.39 is 37.5 Å². The molecule has 1 aromatic heterocycles. The number of benzene rings is 2. The number of nitrogens with one attached hydrogen (secondary N) is 1. The van der Waals surface area contributed by atoms with E-state index in [-0.39, 0.29) is 15.4 Å². The molecule has 1 heterocycles. The number of aromatic nitrogens is 1. The van der Waals surface area contributed by atoms with E-state index in [1.54, 1.807) is 24.3 Å². The molecule has 1 N–H and O–H groups in total. The number of nitrogens with zero attached hydrogens (tertiary/aromatic N) is 1. The number of halogens is 1. The van der Waals surface area contributed by atoms with Gasteiger partial charge in [0.15, 0.2) is 9.84 Å². The largest absolute Gasteiger partial charge is 0.264 e. The summed E-state index contributed by atoms with van der Waals surface area (Å²) in [7, 11) is -7.97. The van der Waals surface area contributed by atoms with E-state index >= 15 is 0 Å². The highest BCUT2D eigenvalue weighted by molar-refractivity contribution is 7.92. The molecule has 0 amide bonds. The van der Waals surface area contributed by atoms with E-state index in [1.165, 1.54) is 43.6 Å². The van der Waals surface area contributed by atoms with Gasteiger partial charge in [0.1, 0.15) is 11.1 Å². The highest BCUT2D eigenvalue weighted by Gasteiger charge is 2.31. The van der Waals surface area contributed by atoms with Gasteiger partial charge in [0.25, 0.3) is 0 Å². The molecule has 0 radical (unpaired) electrons. The van der Waals surface area contributed by atoms with Crippen molar-refractivity contribution in [2.45, 2.75) is 28.9 Å². The van der Waals surface area contributed by atoms with Gasteiger partial charge in [-0.3, -0.25) is 4.98 Å². The Labute approximate surface area is 175 Å². The normalized spacial score (nSPS) is 13.2. The van der Waals surface area contributed by atoms with E-state index in [0.717, 1.165) is 11.6 Å². The van der Waals surface area contributed by atoms with Crippen LogP contribution >= 0.6 is 0 Å². The Morgan fingerprint density at radius 1 is 0.967 bits per heavy atom. The van der Waals surface area contributed by atoms with Crippen molar-refractivity contribution in [1.82, 2.24) is 9.71 Å². The van der Waals surface area contributed by atoms with Crippen molar-refractivity contribution >= 4 is 19.9 Å². The van der Waals surface area contributed by atoms with Crippen LogP contribution in [0.3, 0.4) is 0 Å². The summed E-state index contributed by atoms with van der Waals surface area (Å²) in [5, 5.41) is -1.24. The molecule has 0 spiro atoms. The fourth-order valence-electron chi connectivity index (χ4n) is 2.92. The van der Waals surface area contributed by atoms with Gasteiger partial charge in [-0.1, -0.05) is 23.8 Å². The van der Waals surface area contributed by atoms with Crippen molar-refractivity contribution in [3.63, 3.8) is 0 Å². The molecule has 2 aromatic carbocycles. The Kier molecular flexibility index (Phi) is 6.35. The standard InChI is InChI=1S/C21H21FN2O4S2/c1-15-5-7-18(8-6-15)30(27,28)24-14-21(17-4-3-11-23-13-17)29(25,26)19-9-10-20(22)16(2)12-19/h3-13,21,24H,14H2,1-2H3/t21-/m0/s1. The van der Waals surface area contributed by atoms with Gasteiger partial charge in [0.2, 0.25) is 10.0 Å². The van der Waals surface area contributed by atoms with Crippen molar-refractivity contribution < 1.29 is 21.2 Å². The minimum atomic E-state index is -4.04. The second kappa shape index (κ2) is 8.63. The number of pyridine rings is 1. The van der Waals surface area contributed by atoms with E-state index in [9.17, 15) is 21.2 Å². The van der Waals surface area contributed by atoms with Crippen LogP contribution in [0.2, 0.25) is 0 Å². The van der Waals surface area contributed by atoms with Crippen molar-refractivity contribution in [2.24, 2.45) is 0 Å². The molecule has 0 aliphatic heterocycles. The van der Waals surface area contributed by atoms with Crippen LogP contribution < -0.4 is 4.72 Å². The van der Waals surface area contributed by atoms with Gasteiger partial charge in [0, 0.05) is 18.9 Å². The van der Waals surface area contributed by atoms with Crippen molar-refractivity contribution in [2.75, 3.05) is 6.54 Å². The van der Waals surface area contributed by atoms with Crippen molar-refractivity contribution in [3.05, 3.63) is 89.5 Å². The Morgan fingerprint density at radius 3 is 2.23 bits per heavy atom. The molecule has 0 aliphatic carbocycles. The minimum Gasteiger partial charge on any atom is -0.264 e.